The van der Waals surface area contributed by atoms with Gasteiger partial charge in [-0.05, 0) is 13.8 Å². The molecule has 0 fully saturated rings. The van der Waals surface area contributed by atoms with Gasteiger partial charge >= 0.3 is 6.03 Å². The van der Waals surface area contributed by atoms with Crippen LogP contribution in [0.25, 0.3) is 0 Å². The van der Waals surface area contributed by atoms with Crippen molar-refractivity contribution in [2.24, 2.45) is 10.9 Å². The number of hydrogen-bond donors (Lipinski definition) is 2. The van der Waals surface area contributed by atoms with Crippen LogP contribution in [0.5, 0.6) is 0 Å². The summed E-state index contributed by atoms with van der Waals surface area (Å²) in [6, 6.07) is -0.124. The molecule has 2 amide bonds. The van der Waals surface area contributed by atoms with Gasteiger partial charge in [0, 0.05) is 20.1 Å². The monoisotopic (exact) mass is 202 g/mol. The zero-order valence-electron chi connectivity index (χ0n) is 8.90. The molecule has 0 aromatic heterocycles. The summed E-state index contributed by atoms with van der Waals surface area (Å²) in [7, 11) is 1.61. The van der Waals surface area contributed by atoms with Crippen molar-refractivity contribution in [1.29, 1.82) is 0 Å². The van der Waals surface area contributed by atoms with Crippen LogP contribution in [0.15, 0.2) is 5.16 Å². The van der Waals surface area contributed by atoms with Crippen molar-refractivity contribution in [2.45, 2.75) is 13.8 Å². The second kappa shape index (κ2) is 6.06. The van der Waals surface area contributed by atoms with E-state index in [1.54, 1.807) is 11.9 Å². The zero-order chi connectivity index (χ0) is 11.1. The summed E-state index contributed by atoms with van der Waals surface area (Å²) in [5, 5.41) is 11.1. The number of rotatable bonds is 4. The molecule has 0 unspecified atom stereocenters. The Kier molecular flexibility index (Phi) is 5.43. The maximum Gasteiger partial charge on any atom is 0.320 e. The molecule has 0 aliphatic carbocycles. The molecule has 0 saturated heterocycles. The molecule has 0 aromatic carbocycles. The molecule has 0 atom stereocenters. The number of amides is 2. The Morgan fingerprint density at radius 1 is 1.43 bits per heavy atom. The molecule has 0 saturated carbocycles. The molecule has 82 valence electrons. The highest BCUT2D eigenvalue weighted by Crippen LogP contribution is 1.95. The van der Waals surface area contributed by atoms with Crippen molar-refractivity contribution < 1.29 is 10.0 Å². The van der Waals surface area contributed by atoms with E-state index in [9.17, 15) is 4.79 Å². The number of nitrogens with two attached hydrogens (primary N) is 1. The maximum atomic E-state index is 11.6. The van der Waals surface area contributed by atoms with Crippen molar-refractivity contribution in [3.8, 4) is 0 Å². The molecule has 6 nitrogen and oxygen atoms in total. The van der Waals surface area contributed by atoms with Gasteiger partial charge in [-0.15, -0.1) is 0 Å². The Morgan fingerprint density at radius 2 is 1.93 bits per heavy atom. The van der Waals surface area contributed by atoms with E-state index in [0.717, 1.165) is 0 Å². The van der Waals surface area contributed by atoms with E-state index in [0.29, 0.717) is 13.1 Å². The molecule has 0 aliphatic rings. The third kappa shape index (κ3) is 3.51. The van der Waals surface area contributed by atoms with Gasteiger partial charge in [0.1, 0.15) is 0 Å². The van der Waals surface area contributed by atoms with Gasteiger partial charge in [-0.3, -0.25) is 0 Å². The van der Waals surface area contributed by atoms with Gasteiger partial charge in [-0.25, -0.2) is 4.79 Å². The standard InChI is InChI=1S/C8H18N4O2/c1-4-12(5-2)8(13)11(3)6-7(9)10-14/h14H,4-6H2,1-3H3,(H2,9,10). The summed E-state index contributed by atoms with van der Waals surface area (Å²) in [6.07, 6.45) is 0. The number of amidine groups is 1. The van der Waals surface area contributed by atoms with E-state index in [1.807, 2.05) is 13.8 Å². The molecule has 6 heteroatoms. The second-order valence-corrected chi connectivity index (χ2v) is 2.90. The number of likely N-dealkylation sites (N-methyl/N-ethyl adjacent to an activating group) is 1. The van der Waals surface area contributed by atoms with Crippen molar-refractivity contribution in [3.05, 3.63) is 0 Å². The van der Waals surface area contributed by atoms with Gasteiger partial charge in [0.25, 0.3) is 0 Å². The normalized spacial score (nSPS) is 11.2. The lowest BCUT2D eigenvalue weighted by Crippen LogP contribution is -2.44. The molecular formula is C8H18N4O2. The third-order valence-electron chi connectivity index (χ3n) is 1.89. The van der Waals surface area contributed by atoms with Crippen LogP contribution in [0.1, 0.15) is 13.8 Å². The number of urea groups is 1. The van der Waals surface area contributed by atoms with Gasteiger partial charge < -0.3 is 20.7 Å². The van der Waals surface area contributed by atoms with E-state index in [1.165, 1.54) is 4.90 Å². The molecule has 0 rings (SSSR count). The highest BCUT2D eigenvalue weighted by Gasteiger charge is 2.15. The van der Waals surface area contributed by atoms with Crippen LogP contribution in [-0.2, 0) is 0 Å². The quantitative estimate of drug-likeness (QED) is 0.294. The molecule has 0 aromatic rings. The van der Waals surface area contributed by atoms with Crippen molar-refractivity contribution in [1.82, 2.24) is 9.80 Å². The fourth-order valence-corrected chi connectivity index (χ4v) is 1.08. The molecule has 3 N–H and O–H groups in total. The van der Waals surface area contributed by atoms with Crippen LogP contribution < -0.4 is 5.73 Å². The molecular weight excluding hydrogens is 184 g/mol. The van der Waals surface area contributed by atoms with Gasteiger partial charge in [0.05, 0.1) is 6.54 Å². The summed E-state index contributed by atoms with van der Waals surface area (Å²) in [4.78, 5) is 14.7. The lowest BCUT2D eigenvalue weighted by molar-refractivity contribution is 0.172. The van der Waals surface area contributed by atoms with Crippen LogP contribution in [0.3, 0.4) is 0 Å². The van der Waals surface area contributed by atoms with Crippen LogP contribution in [0.2, 0.25) is 0 Å². The Morgan fingerprint density at radius 3 is 2.29 bits per heavy atom. The summed E-state index contributed by atoms with van der Waals surface area (Å²) >= 11 is 0. The Hall–Kier alpha value is -1.46. The first kappa shape index (κ1) is 12.5. The van der Waals surface area contributed by atoms with Crippen LogP contribution in [0, 0.1) is 0 Å². The van der Waals surface area contributed by atoms with Gasteiger partial charge in [0.2, 0.25) is 0 Å². The molecule has 0 heterocycles. The molecule has 0 bridgehead atoms. The largest absolute Gasteiger partial charge is 0.409 e. The van der Waals surface area contributed by atoms with Crippen LogP contribution >= 0.6 is 0 Å². The SMILES string of the molecule is CCN(CC)C(=O)N(C)CC(N)=NO. The smallest absolute Gasteiger partial charge is 0.320 e. The topological polar surface area (TPSA) is 82.2 Å². The average molecular weight is 202 g/mol. The van der Waals surface area contributed by atoms with Crippen LogP contribution in [-0.4, -0.2) is 53.6 Å². The summed E-state index contributed by atoms with van der Waals surface area (Å²) in [5.74, 6) is 0.0213. The fraction of sp³-hybridized carbons (Fsp3) is 0.750. The van der Waals surface area contributed by atoms with E-state index >= 15 is 0 Å². The molecule has 0 spiro atoms. The number of hydrogen-bond acceptors (Lipinski definition) is 3. The Labute approximate surface area is 84.0 Å². The lowest BCUT2D eigenvalue weighted by Gasteiger charge is -2.25. The predicted octanol–water partition coefficient (Wildman–Crippen LogP) is 0.126. The minimum atomic E-state index is -0.124. The molecule has 0 radical (unpaired) electrons. The Bertz CT molecular complexity index is 213. The Balaban J connectivity index is 4.23. The third-order valence-corrected chi connectivity index (χ3v) is 1.89. The highest BCUT2D eigenvalue weighted by atomic mass is 16.4. The van der Waals surface area contributed by atoms with E-state index in [2.05, 4.69) is 5.16 Å². The summed E-state index contributed by atoms with van der Waals surface area (Å²) in [6.45, 7) is 5.23. The van der Waals surface area contributed by atoms with Crippen molar-refractivity contribution in [3.63, 3.8) is 0 Å². The van der Waals surface area contributed by atoms with Gasteiger partial charge in [0.15, 0.2) is 5.84 Å². The molecule has 14 heavy (non-hydrogen) atoms. The first-order chi connectivity index (χ1) is 6.56. The second-order valence-electron chi connectivity index (χ2n) is 2.90. The number of carbonyl (C=O) groups excluding carboxylic acids is 1. The maximum absolute atomic E-state index is 11.6. The van der Waals surface area contributed by atoms with E-state index in [4.69, 9.17) is 10.9 Å². The van der Waals surface area contributed by atoms with Crippen LogP contribution in [0.4, 0.5) is 4.79 Å². The average Bonchev–Trinajstić information content (AvgIpc) is 2.19. The minimum Gasteiger partial charge on any atom is -0.409 e. The summed E-state index contributed by atoms with van der Waals surface area (Å²) in [5.41, 5.74) is 5.28. The van der Waals surface area contributed by atoms with Gasteiger partial charge in [-0.2, -0.15) is 0 Å². The first-order valence-corrected chi connectivity index (χ1v) is 4.53. The van der Waals surface area contributed by atoms with E-state index in [-0.39, 0.29) is 18.4 Å². The van der Waals surface area contributed by atoms with Crippen molar-refractivity contribution >= 4 is 11.9 Å². The number of carbonyl (C=O) groups is 1. The predicted molar refractivity (Wildman–Crippen MR) is 54.4 cm³/mol. The van der Waals surface area contributed by atoms with Crippen molar-refractivity contribution in [2.75, 3.05) is 26.7 Å². The van der Waals surface area contributed by atoms with E-state index < -0.39 is 0 Å². The highest BCUT2D eigenvalue weighted by molar-refractivity contribution is 5.86. The fourth-order valence-electron chi connectivity index (χ4n) is 1.08. The number of oxime groups is 1. The summed E-state index contributed by atoms with van der Waals surface area (Å²) < 4.78 is 0. The lowest BCUT2D eigenvalue weighted by atomic mass is 10.5. The zero-order valence-corrected chi connectivity index (χ0v) is 8.90. The number of nitrogens with zero attached hydrogens (tertiary/aromatic N) is 3. The first-order valence-electron chi connectivity index (χ1n) is 4.53. The minimum absolute atomic E-state index is 0.0213. The van der Waals surface area contributed by atoms with Gasteiger partial charge in [-0.1, -0.05) is 5.16 Å². The molecule has 0 aliphatic heterocycles.